The first-order valence-corrected chi connectivity index (χ1v) is 7.01. The fourth-order valence-corrected chi connectivity index (χ4v) is 3.89. The van der Waals surface area contributed by atoms with E-state index in [1.807, 2.05) is 0 Å². The van der Waals surface area contributed by atoms with Crippen LogP contribution in [0.1, 0.15) is 25.7 Å². The fraction of sp³-hybridized carbons (Fsp3) is 0.500. The molecular formula is C12H15N3O2S. The van der Waals surface area contributed by atoms with Crippen molar-refractivity contribution in [1.29, 1.82) is 0 Å². The summed E-state index contributed by atoms with van der Waals surface area (Å²) in [4.78, 5) is 27.1. The number of fused-ring (bicyclic) bond motifs is 2. The van der Waals surface area contributed by atoms with Crippen molar-refractivity contribution in [2.45, 2.75) is 31.2 Å². The standard InChI is InChI=1S/C12H15N3O2S/c1-13-10(16)7-6-14-12-15(11(7)17)8-4-2-3-5-9(8)18-12/h6,12,14H,2-5H2,1H3,(H,13,16). The maximum absolute atomic E-state index is 12.4. The minimum absolute atomic E-state index is 0.0611. The lowest BCUT2D eigenvalue weighted by atomic mass is 10.0. The molecule has 1 atom stereocenters. The summed E-state index contributed by atoms with van der Waals surface area (Å²) in [5.41, 5.74) is 1.24. The van der Waals surface area contributed by atoms with Crippen LogP contribution in [0.25, 0.3) is 0 Å². The highest BCUT2D eigenvalue weighted by Crippen LogP contribution is 2.45. The second-order valence-corrected chi connectivity index (χ2v) is 5.70. The average Bonchev–Trinajstić information content (AvgIpc) is 2.77. The molecule has 18 heavy (non-hydrogen) atoms. The van der Waals surface area contributed by atoms with Crippen molar-refractivity contribution in [1.82, 2.24) is 15.5 Å². The van der Waals surface area contributed by atoms with Gasteiger partial charge in [-0.1, -0.05) is 11.8 Å². The van der Waals surface area contributed by atoms with E-state index in [4.69, 9.17) is 0 Å². The smallest absolute Gasteiger partial charge is 0.267 e. The van der Waals surface area contributed by atoms with E-state index >= 15 is 0 Å². The SMILES string of the molecule is CNC(=O)C1=CNC2SC3=C(CCCC3)N2C1=O. The van der Waals surface area contributed by atoms with Gasteiger partial charge < -0.3 is 10.6 Å². The van der Waals surface area contributed by atoms with Crippen LogP contribution in [0, 0.1) is 0 Å². The molecule has 0 radical (unpaired) electrons. The highest BCUT2D eigenvalue weighted by atomic mass is 32.2. The Hall–Kier alpha value is -1.43. The normalized spacial score (nSPS) is 26.3. The number of thioether (sulfide) groups is 1. The van der Waals surface area contributed by atoms with Gasteiger partial charge in [0.2, 0.25) is 0 Å². The van der Waals surface area contributed by atoms with Gasteiger partial charge in [0.25, 0.3) is 11.8 Å². The molecule has 0 aromatic rings. The van der Waals surface area contributed by atoms with Crippen molar-refractivity contribution in [3.8, 4) is 0 Å². The van der Waals surface area contributed by atoms with E-state index in [1.54, 1.807) is 16.7 Å². The molecule has 3 rings (SSSR count). The van der Waals surface area contributed by atoms with Gasteiger partial charge in [0.05, 0.1) is 0 Å². The Kier molecular flexibility index (Phi) is 2.81. The Balaban J connectivity index is 1.92. The Bertz CT molecular complexity index is 484. The predicted octanol–water partition coefficient (Wildman–Crippen LogP) is 0.864. The van der Waals surface area contributed by atoms with Crippen molar-refractivity contribution in [3.63, 3.8) is 0 Å². The van der Waals surface area contributed by atoms with E-state index < -0.39 is 0 Å². The molecule has 96 valence electrons. The molecule has 6 heteroatoms. The third-order valence-electron chi connectivity index (χ3n) is 3.46. The number of nitrogens with one attached hydrogen (secondary N) is 2. The van der Waals surface area contributed by atoms with Crippen LogP contribution in [-0.2, 0) is 9.59 Å². The first-order valence-electron chi connectivity index (χ1n) is 6.13. The minimum Gasteiger partial charge on any atom is -0.361 e. The number of rotatable bonds is 1. The monoisotopic (exact) mass is 265 g/mol. The lowest BCUT2D eigenvalue weighted by Gasteiger charge is -2.31. The van der Waals surface area contributed by atoms with Gasteiger partial charge in [-0.15, -0.1) is 0 Å². The summed E-state index contributed by atoms with van der Waals surface area (Å²) in [6.07, 6.45) is 5.84. The number of hydrogen-bond acceptors (Lipinski definition) is 4. The summed E-state index contributed by atoms with van der Waals surface area (Å²) >= 11 is 1.70. The second-order valence-electron chi connectivity index (χ2n) is 4.53. The zero-order valence-corrected chi connectivity index (χ0v) is 11.0. The number of carbonyl (C=O) groups excluding carboxylic acids is 2. The van der Waals surface area contributed by atoms with Crippen LogP contribution in [-0.4, -0.2) is 29.3 Å². The number of carbonyl (C=O) groups is 2. The van der Waals surface area contributed by atoms with Crippen LogP contribution in [0.4, 0.5) is 0 Å². The van der Waals surface area contributed by atoms with Gasteiger partial charge in [0.1, 0.15) is 5.57 Å². The van der Waals surface area contributed by atoms with Crippen LogP contribution >= 0.6 is 11.8 Å². The van der Waals surface area contributed by atoms with E-state index in [1.165, 1.54) is 24.6 Å². The molecule has 3 aliphatic rings. The van der Waals surface area contributed by atoms with Crippen LogP contribution < -0.4 is 10.6 Å². The summed E-state index contributed by atoms with van der Waals surface area (Å²) in [5, 5.41) is 5.64. The molecule has 2 heterocycles. The molecule has 0 spiro atoms. The Morgan fingerprint density at radius 3 is 3.06 bits per heavy atom. The molecule has 0 saturated carbocycles. The number of allylic oxidation sites excluding steroid dienone is 2. The molecule has 2 amide bonds. The van der Waals surface area contributed by atoms with E-state index in [0.29, 0.717) is 0 Å². The quantitative estimate of drug-likeness (QED) is 0.690. The third kappa shape index (κ3) is 1.63. The van der Waals surface area contributed by atoms with Gasteiger partial charge in [-0.3, -0.25) is 14.5 Å². The van der Waals surface area contributed by atoms with E-state index in [9.17, 15) is 9.59 Å². The Morgan fingerprint density at radius 2 is 2.28 bits per heavy atom. The number of likely N-dealkylation sites (N-methyl/N-ethyl adjacent to an activating group) is 1. The molecule has 0 saturated heterocycles. The molecule has 1 unspecified atom stereocenters. The van der Waals surface area contributed by atoms with Crippen molar-refractivity contribution in [3.05, 3.63) is 22.4 Å². The van der Waals surface area contributed by atoms with E-state index in [0.717, 1.165) is 25.0 Å². The second kappa shape index (κ2) is 4.35. The highest BCUT2D eigenvalue weighted by Gasteiger charge is 2.41. The van der Waals surface area contributed by atoms with Gasteiger partial charge >= 0.3 is 0 Å². The lowest BCUT2D eigenvalue weighted by molar-refractivity contribution is -0.130. The van der Waals surface area contributed by atoms with Gasteiger partial charge in [0, 0.05) is 23.8 Å². The molecule has 0 aromatic heterocycles. The summed E-state index contributed by atoms with van der Waals surface area (Å²) in [5.74, 6) is -0.515. The Labute approximate surface area is 110 Å². The topological polar surface area (TPSA) is 61.4 Å². The molecular weight excluding hydrogens is 250 g/mol. The molecule has 5 nitrogen and oxygen atoms in total. The van der Waals surface area contributed by atoms with Crippen LogP contribution in [0.5, 0.6) is 0 Å². The summed E-state index contributed by atoms with van der Waals surface area (Å²) in [6, 6.07) is 0. The zero-order valence-electron chi connectivity index (χ0n) is 10.2. The molecule has 2 aliphatic heterocycles. The minimum atomic E-state index is -0.333. The number of amides is 2. The lowest BCUT2D eigenvalue weighted by Crippen LogP contribution is -2.48. The maximum Gasteiger partial charge on any atom is 0.267 e. The van der Waals surface area contributed by atoms with Gasteiger partial charge in [0.15, 0.2) is 5.50 Å². The van der Waals surface area contributed by atoms with Crippen molar-refractivity contribution < 1.29 is 9.59 Å². The number of nitrogens with zero attached hydrogens (tertiary/aromatic N) is 1. The summed E-state index contributed by atoms with van der Waals surface area (Å²) < 4.78 is 0. The first kappa shape index (κ1) is 11.6. The van der Waals surface area contributed by atoms with E-state index in [-0.39, 0.29) is 22.9 Å². The predicted molar refractivity (Wildman–Crippen MR) is 69.0 cm³/mol. The zero-order chi connectivity index (χ0) is 12.7. The number of hydrogen-bond donors (Lipinski definition) is 2. The van der Waals surface area contributed by atoms with Crippen LogP contribution in [0.3, 0.4) is 0 Å². The van der Waals surface area contributed by atoms with Crippen LogP contribution in [0.2, 0.25) is 0 Å². The van der Waals surface area contributed by atoms with E-state index in [2.05, 4.69) is 10.6 Å². The molecule has 0 bridgehead atoms. The molecule has 1 aliphatic carbocycles. The Morgan fingerprint density at radius 1 is 1.50 bits per heavy atom. The van der Waals surface area contributed by atoms with Gasteiger partial charge in [-0.2, -0.15) is 0 Å². The largest absolute Gasteiger partial charge is 0.361 e. The van der Waals surface area contributed by atoms with Crippen LogP contribution in [0.15, 0.2) is 22.4 Å². The summed E-state index contributed by atoms with van der Waals surface area (Å²) in [7, 11) is 1.53. The molecule has 0 fully saturated rings. The van der Waals surface area contributed by atoms with Crippen molar-refractivity contribution >= 4 is 23.6 Å². The fourth-order valence-electron chi connectivity index (χ4n) is 2.55. The molecule has 2 N–H and O–H groups in total. The third-order valence-corrected chi connectivity index (χ3v) is 4.75. The molecule has 0 aromatic carbocycles. The first-order chi connectivity index (χ1) is 8.72. The van der Waals surface area contributed by atoms with Crippen molar-refractivity contribution in [2.75, 3.05) is 7.05 Å². The van der Waals surface area contributed by atoms with Gasteiger partial charge in [-0.05, 0) is 25.7 Å². The average molecular weight is 265 g/mol. The summed E-state index contributed by atoms with van der Waals surface area (Å²) in [6.45, 7) is 0. The highest BCUT2D eigenvalue weighted by molar-refractivity contribution is 8.03. The maximum atomic E-state index is 12.4. The van der Waals surface area contributed by atoms with Gasteiger partial charge in [-0.25, -0.2) is 0 Å². The van der Waals surface area contributed by atoms with Crippen molar-refractivity contribution in [2.24, 2.45) is 0 Å².